The lowest BCUT2D eigenvalue weighted by Crippen LogP contribution is -2.12. The molecule has 0 unspecified atom stereocenters. The number of anilines is 6. The van der Waals surface area contributed by atoms with Gasteiger partial charge in [-0.25, -0.2) is 0 Å². The van der Waals surface area contributed by atoms with E-state index in [1.54, 1.807) is 0 Å². The van der Waals surface area contributed by atoms with Crippen LogP contribution < -0.4 is 9.80 Å². The molecule has 334 valence electrons. The summed E-state index contributed by atoms with van der Waals surface area (Å²) in [6.45, 7) is 22.3. The Morgan fingerprint density at radius 2 is 0.735 bits per heavy atom. The highest BCUT2D eigenvalue weighted by molar-refractivity contribution is 6.29. The van der Waals surface area contributed by atoms with Crippen LogP contribution in [0.1, 0.15) is 74.9 Å². The van der Waals surface area contributed by atoms with Crippen molar-refractivity contribution in [3.63, 3.8) is 0 Å². The summed E-state index contributed by atoms with van der Waals surface area (Å²) in [6.07, 6.45) is 0. The summed E-state index contributed by atoms with van der Waals surface area (Å²) >= 11 is 0. The van der Waals surface area contributed by atoms with Crippen LogP contribution in [0.5, 0.6) is 0 Å². The summed E-state index contributed by atoms with van der Waals surface area (Å²) < 4.78 is 14.3. The van der Waals surface area contributed by atoms with Crippen molar-refractivity contribution in [2.45, 2.75) is 80.1 Å². The Morgan fingerprint density at radius 3 is 1.13 bits per heavy atom. The highest BCUT2D eigenvalue weighted by atomic mass is 16.3. The molecule has 0 amide bonds. The molecular formula is C64H56N2O2. The van der Waals surface area contributed by atoms with E-state index < -0.39 is 0 Å². The van der Waals surface area contributed by atoms with Crippen LogP contribution in [0.25, 0.3) is 76.2 Å². The third-order valence-electron chi connectivity index (χ3n) is 14.4. The van der Waals surface area contributed by atoms with Gasteiger partial charge in [-0.2, -0.15) is 0 Å². The fourth-order valence-electron chi connectivity index (χ4n) is 11.1. The van der Waals surface area contributed by atoms with E-state index in [2.05, 4.69) is 237 Å². The largest absolute Gasteiger partial charge is 0.454 e. The van der Waals surface area contributed by atoms with Gasteiger partial charge >= 0.3 is 0 Å². The zero-order valence-electron chi connectivity index (χ0n) is 40.7. The van der Waals surface area contributed by atoms with Gasteiger partial charge in [0.05, 0.1) is 22.7 Å². The molecule has 0 radical (unpaired) electrons. The average Bonchev–Trinajstić information content (AvgIpc) is 3.90. The number of fused-ring (bicyclic) bond motifs is 6. The number of para-hydroxylation sites is 2. The van der Waals surface area contributed by atoms with Gasteiger partial charge in [-0.05, 0) is 131 Å². The minimum atomic E-state index is -0.0938. The van der Waals surface area contributed by atoms with Gasteiger partial charge in [0.1, 0.15) is 11.2 Å². The Labute approximate surface area is 398 Å². The normalized spacial score (nSPS) is 12.6. The van der Waals surface area contributed by atoms with E-state index in [0.29, 0.717) is 0 Å². The molecule has 10 aromatic carbocycles. The molecule has 12 aromatic rings. The van der Waals surface area contributed by atoms with Gasteiger partial charge in [-0.15, -0.1) is 0 Å². The standard InChI is InChI=1S/C64H56N2O2/c1-37-15-11-17-43(35-37)65(53-21-13-19-47-55-39(3)23-31-49(63(5,6)7)61(55)67-59(47)53)51-33-27-41-26-30-46-52(34-28-42-25-29-45(51)57(41)58(42)46)66(44-18-12-16-38(2)36-44)54-22-14-20-48-56-40(4)24-32-50(64(8,9)10)62(56)68-60(48)54/h11-36H,1-10H3. The number of nitrogens with zero attached hydrogens (tertiary/aromatic N) is 2. The predicted octanol–water partition coefficient (Wildman–Crippen LogP) is 19.2. The van der Waals surface area contributed by atoms with Gasteiger partial charge in [0.25, 0.3) is 0 Å². The summed E-state index contributed by atoms with van der Waals surface area (Å²) in [4.78, 5) is 4.84. The van der Waals surface area contributed by atoms with E-state index in [-0.39, 0.29) is 10.8 Å². The van der Waals surface area contributed by atoms with Crippen molar-refractivity contribution in [2.24, 2.45) is 0 Å². The van der Waals surface area contributed by atoms with Gasteiger partial charge < -0.3 is 18.6 Å². The minimum Gasteiger partial charge on any atom is -0.454 e. The highest BCUT2D eigenvalue weighted by Gasteiger charge is 2.29. The zero-order chi connectivity index (χ0) is 47.0. The van der Waals surface area contributed by atoms with Crippen molar-refractivity contribution in [2.75, 3.05) is 9.80 Å². The van der Waals surface area contributed by atoms with Gasteiger partial charge in [0.15, 0.2) is 11.2 Å². The lowest BCUT2D eigenvalue weighted by Gasteiger charge is -2.29. The molecule has 2 heterocycles. The van der Waals surface area contributed by atoms with E-state index in [1.165, 1.54) is 76.5 Å². The number of benzene rings is 10. The van der Waals surface area contributed by atoms with Crippen LogP contribution in [-0.4, -0.2) is 0 Å². The summed E-state index contributed by atoms with van der Waals surface area (Å²) in [5.41, 5.74) is 17.1. The van der Waals surface area contributed by atoms with Crippen molar-refractivity contribution in [1.29, 1.82) is 0 Å². The predicted molar refractivity (Wildman–Crippen MR) is 290 cm³/mol. The molecule has 0 atom stereocenters. The van der Waals surface area contributed by atoms with Crippen LogP contribution >= 0.6 is 0 Å². The van der Waals surface area contributed by atoms with Crippen LogP contribution in [0.3, 0.4) is 0 Å². The van der Waals surface area contributed by atoms with Crippen LogP contribution in [0.15, 0.2) is 167 Å². The Kier molecular flexibility index (Phi) is 9.21. The number of aryl methyl sites for hydroxylation is 4. The molecular weight excluding hydrogens is 829 g/mol. The smallest absolute Gasteiger partial charge is 0.159 e. The van der Waals surface area contributed by atoms with E-state index >= 15 is 0 Å². The summed E-state index contributed by atoms with van der Waals surface area (Å²) in [7, 11) is 0. The summed E-state index contributed by atoms with van der Waals surface area (Å²) in [5, 5.41) is 11.8. The fraction of sp³-hybridized carbons (Fsp3) is 0.188. The van der Waals surface area contributed by atoms with Gasteiger partial charge in [-0.1, -0.05) is 151 Å². The van der Waals surface area contributed by atoms with Gasteiger partial charge in [0.2, 0.25) is 0 Å². The SMILES string of the molecule is Cc1cccc(N(c2ccc3ccc4c(N(c5cccc(C)c5)c5cccc6c5oc5c(C(C)(C)C)ccc(C)c56)ccc5ccc2c3c54)c2cccc3c2oc2c(C(C)(C)C)ccc(C)c23)c1. The zero-order valence-corrected chi connectivity index (χ0v) is 40.7. The first-order valence-electron chi connectivity index (χ1n) is 24.0. The molecule has 0 bridgehead atoms. The molecule has 0 saturated heterocycles. The summed E-state index contributed by atoms with van der Waals surface area (Å²) in [6, 6.07) is 58.4. The quantitative estimate of drug-likeness (QED) is 0.156. The van der Waals surface area contributed by atoms with Crippen molar-refractivity contribution in [3.8, 4) is 0 Å². The maximum Gasteiger partial charge on any atom is 0.159 e. The van der Waals surface area contributed by atoms with Crippen LogP contribution in [0.2, 0.25) is 0 Å². The maximum absolute atomic E-state index is 7.16. The van der Waals surface area contributed by atoms with Gasteiger partial charge in [-0.3, -0.25) is 0 Å². The lowest BCUT2D eigenvalue weighted by atomic mass is 9.85. The molecule has 0 fully saturated rings. The fourth-order valence-corrected chi connectivity index (χ4v) is 11.1. The summed E-state index contributed by atoms with van der Waals surface area (Å²) in [5.74, 6) is 0. The van der Waals surface area contributed by atoms with Crippen LogP contribution in [0, 0.1) is 27.7 Å². The Hall–Kier alpha value is -7.56. The average molecular weight is 885 g/mol. The molecule has 12 rings (SSSR count). The first kappa shape index (κ1) is 41.8. The second-order valence-electron chi connectivity index (χ2n) is 21.2. The third-order valence-corrected chi connectivity index (χ3v) is 14.4. The van der Waals surface area contributed by atoms with E-state index in [1.807, 2.05) is 0 Å². The first-order valence-corrected chi connectivity index (χ1v) is 24.0. The number of hydrogen-bond donors (Lipinski definition) is 0. The molecule has 0 N–H and O–H groups in total. The van der Waals surface area contributed by atoms with Crippen molar-refractivity contribution < 1.29 is 8.83 Å². The minimum absolute atomic E-state index is 0.0938. The van der Waals surface area contributed by atoms with Crippen molar-refractivity contribution >= 4 is 110 Å². The monoisotopic (exact) mass is 884 g/mol. The van der Waals surface area contributed by atoms with E-state index in [0.717, 1.165) is 67.2 Å². The molecule has 0 spiro atoms. The topological polar surface area (TPSA) is 32.8 Å². The van der Waals surface area contributed by atoms with E-state index in [9.17, 15) is 0 Å². The lowest BCUT2D eigenvalue weighted by molar-refractivity contribution is 0.572. The molecule has 0 aliphatic heterocycles. The van der Waals surface area contributed by atoms with Crippen LogP contribution in [-0.2, 0) is 10.8 Å². The molecule has 0 aliphatic carbocycles. The molecule has 2 aromatic heterocycles. The molecule has 0 aliphatic rings. The molecule has 4 heteroatoms. The highest BCUT2D eigenvalue weighted by Crippen LogP contribution is 2.51. The maximum atomic E-state index is 7.16. The first-order chi connectivity index (χ1) is 32.7. The van der Waals surface area contributed by atoms with Crippen LogP contribution in [0.4, 0.5) is 34.1 Å². The Bertz CT molecular complexity index is 3740. The molecule has 4 nitrogen and oxygen atoms in total. The Balaban J connectivity index is 1.13. The van der Waals surface area contributed by atoms with E-state index in [4.69, 9.17) is 8.83 Å². The molecule has 68 heavy (non-hydrogen) atoms. The van der Waals surface area contributed by atoms with Crippen molar-refractivity contribution in [3.05, 3.63) is 191 Å². The van der Waals surface area contributed by atoms with Crippen molar-refractivity contribution in [1.82, 2.24) is 0 Å². The second kappa shape index (κ2) is 15.0. The second-order valence-corrected chi connectivity index (χ2v) is 21.2. The number of furan rings is 2. The number of rotatable bonds is 6. The molecule has 0 saturated carbocycles. The third kappa shape index (κ3) is 6.34. The number of hydrogen-bond acceptors (Lipinski definition) is 4. The Morgan fingerprint density at radius 1 is 0.338 bits per heavy atom. The van der Waals surface area contributed by atoms with Gasteiger partial charge in [0, 0.05) is 54.8 Å².